The third kappa shape index (κ3) is 5.84. The molecular weight excluding hydrogens is 428 g/mol. The van der Waals surface area contributed by atoms with Gasteiger partial charge in [-0.05, 0) is 67.5 Å². The molecule has 0 spiro atoms. The van der Waals surface area contributed by atoms with Crippen molar-refractivity contribution in [3.8, 4) is 17.2 Å². The molecule has 3 unspecified atom stereocenters. The van der Waals surface area contributed by atoms with E-state index in [2.05, 4.69) is 0 Å². The molecule has 1 fully saturated rings. The Balaban J connectivity index is 1.59. The van der Waals surface area contributed by atoms with Crippen molar-refractivity contribution in [3.63, 3.8) is 0 Å². The van der Waals surface area contributed by atoms with E-state index in [4.69, 9.17) is 18.9 Å². The van der Waals surface area contributed by atoms with E-state index in [1.54, 1.807) is 6.07 Å². The van der Waals surface area contributed by atoms with Crippen LogP contribution in [0.25, 0.3) is 0 Å². The van der Waals surface area contributed by atoms with Gasteiger partial charge < -0.3 is 39.4 Å². The van der Waals surface area contributed by atoms with Gasteiger partial charge in [-0.1, -0.05) is 24.6 Å². The van der Waals surface area contributed by atoms with Crippen molar-refractivity contribution in [1.82, 2.24) is 0 Å². The first kappa shape index (κ1) is 23.9. The number of hydrogen-bond donors (Lipinski definition) is 4. The largest absolute Gasteiger partial charge is 0.458 e. The van der Waals surface area contributed by atoms with Gasteiger partial charge in [0.15, 0.2) is 17.8 Å². The first-order valence-corrected chi connectivity index (χ1v) is 11.4. The summed E-state index contributed by atoms with van der Waals surface area (Å²) in [7, 11) is 1.33. The van der Waals surface area contributed by atoms with E-state index in [0.29, 0.717) is 17.2 Å². The molecule has 4 bridgehead atoms. The molecule has 0 saturated carbocycles. The Bertz CT molecular complexity index is 900. The SMILES string of the molecule is COC1O[C@@H](Oc2ccc3cc2Oc2ccc(cc2)CC[C@@H](O)CCCC3)C(O)C(O)[C@H]1O. The van der Waals surface area contributed by atoms with Crippen LogP contribution in [-0.4, -0.2) is 64.5 Å². The number of aliphatic hydroxyl groups is 4. The summed E-state index contributed by atoms with van der Waals surface area (Å²) in [4.78, 5) is 0. The Morgan fingerprint density at radius 2 is 1.52 bits per heavy atom. The van der Waals surface area contributed by atoms with Gasteiger partial charge in [-0.25, -0.2) is 0 Å². The van der Waals surface area contributed by atoms with Gasteiger partial charge in [0.2, 0.25) is 6.29 Å². The fourth-order valence-corrected chi connectivity index (χ4v) is 4.16. The summed E-state index contributed by atoms with van der Waals surface area (Å²) in [5.74, 6) is 1.39. The van der Waals surface area contributed by atoms with Gasteiger partial charge in [-0.2, -0.15) is 0 Å². The van der Waals surface area contributed by atoms with Crippen LogP contribution in [0.1, 0.15) is 36.8 Å². The van der Waals surface area contributed by atoms with Gasteiger partial charge in [-0.15, -0.1) is 0 Å². The molecule has 8 heteroatoms. The van der Waals surface area contributed by atoms with Crippen LogP contribution in [-0.2, 0) is 22.3 Å². The van der Waals surface area contributed by atoms with E-state index in [1.807, 2.05) is 36.4 Å². The Morgan fingerprint density at radius 3 is 2.27 bits per heavy atom. The van der Waals surface area contributed by atoms with Crippen LogP contribution >= 0.6 is 0 Å². The molecule has 0 amide bonds. The molecule has 0 aliphatic carbocycles. The maximum Gasteiger partial charge on any atom is 0.231 e. The lowest BCUT2D eigenvalue weighted by molar-refractivity contribution is -0.327. The van der Waals surface area contributed by atoms with Crippen LogP contribution in [0, 0.1) is 0 Å². The number of aryl methyl sites for hydroxylation is 2. The maximum atomic E-state index is 10.4. The number of methoxy groups -OCH3 is 1. The molecule has 33 heavy (non-hydrogen) atoms. The standard InChI is InChI=1S/C25H32O8/c1-30-24-22(28)21(27)23(29)25(33-24)32-19-13-9-16-4-2-3-5-17(26)10-6-15-7-11-18(12-8-15)31-20(19)14-16/h7-9,11-14,17,21-29H,2-6,10H2,1H3/t17-,21?,22+,23?,24?,25+/m0/s1. The fraction of sp³-hybridized carbons (Fsp3) is 0.520. The third-order valence-corrected chi connectivity index (χ3v) is 6.18. The number of fused-ring (bicyclic) bond motifs is 8. The highest BCUT2D eigenvalue weighted by Gasteiger charge is 2.45. The lowest BCUT2D eigenvalue weighted by Crippen LogP contribution is -2.59. The summed E-state index contributed by atoms with van der Waals surface area (Å²) in [5, 5.41) is 40.7. The van der Waals surface area contributed by atoms with Crippen molar-refractivity contribution in [1.29, 1.82) is 0 Å². The van der Waals surface area contributed by atoms with Crippen molar-refractivity contribution in [2.45, 2.75) is 75.5 Å². The van der Waals surface area contributed by atoms with Crippen LogP contribution in [0.2, 0.25) is 0 Å². The molecule has 8 nitrogen and oxygen atoms in total. The molecule has 3 aliphatic rings. The molecule has 5 rings (SSSR count). The van der Waals surface area contributed by atoms with Gasteiger partial charge in [0.05, 0.1) is 6.10 Å². The predicted octanol–water partition coefficient (Wildman–Crippen LogP) is 2.29. The topological polar surface area (TPSA) is 118 Å². The summed E-state index contributed by atoms with van der Waals surface area (Å²) in [6.45, 7) is 0. The first-order chi connectivity index (χ1) is 15.9. The molecule has 0 radical (unpaired) electrons. The highest BCUT2D eigenvalue weighted by molar-refractivity contribution is 5.46. The molecular formula is C25H32O8. The number of hydrogen-bond acceptors (Lipinski definition) is 8. The van der Waals surface area contributed by atoms with Crippen LogP contribution in [0.3, 0.4) is 0 Å². The Kier molecular flexibility index (Phi) is 7.85. The third-order valence-electron chi connectivity index (χ3n) is 6.18. The number of ether oxygens (including phenoxy) is 4. The minimum atomic E-state index is -1.49. The van der Waals surface area contributed by atoms with Crippen molar-refractivity contribution >= 4 is 0 Å². The summed E-state index contributed by atoms with van der Waals surface area (Å²) >= 11 is 0. The molecule has 0 aromatic heterocycles. The van der Waals surface area contributed by atoms with E-state index in [9.17, 15) is 20.4 Å². The van der Waals surface area contributed by atoms with Crippen molar-refractivity contribution in [2.24, 2.45) is 0 Å². The molecule has 2 aromatic rings. The number of rotatable bonds is 3. The smallest absolute Gasteiger partial charge is 0.231 e. The lowest BCUT2D eigenvalue weighted by atomic mass is 10.0. The number of benzene rings is 2. The predicted molar refractivity (Wildman–Crippen MR) is 119 cm³/mol. The van der Waals surface area contributed by atoms with Crippen LogP contribution in [0.15, 0.2) is 42.5 Å². The molecule has 180 valence electrons. The maximum absolute atomic E-state index is 10.4. The average molecular weight is 461 g/mol. The highest BCUT2D eigenvalue weighted by Crippen LogP contribution is 2.36. The minimum absolute atomic E-state index is 0.302. The summed E-state index contributed by atoms with van der Waals surface area (Å²) in [6.07, 6.45) is -2.09. The Labute approximate surface area is 193 Å². The van der Waals surface area contributed by atoms with E-state index in [1.165, 1.54) is 7.11 Å². The van der Waals surface area contributed by atoms with Crippen molar-refractivity contribution in [3.05, 3.63) is 53.6 Å². The van der Waals surface area contributed by atoms with Crippen LogP contribution in [0.4, 0.5) is 0 Å². The average Bonchev–Trinajstić information content (AvgIpc) is 2.83. The Hall–Kier alpha value is -2.20. The van der Waals surface area contributed by atoms with E-state index in [-0.39, 0.29) is 6.10 Å². The monoisotopic (exact) mass is 460 g/mol. The molecule has 4 N–H and O–H groups in total. The summed E-state index contributed by atoms with van der Waals surface area (Å²) < 4.78 is 22.6. The molecule has 3 aliphatic heterocycles. The summed E-state index contributed by atoms with van der Waals surface area (Å²) in [5.41, 5.74) is 2.17. The number of aliphatic hydroxyl groups excluding tert-OH is 4. The van der Waals surface area contributed by atoms with Gasteiger partial charge in [0.1, 0.15) is 24.1 Å². The van der Waals surface area contributed by atoms with Gasteiger partial charge in [-0.3, -0.25) is 0 Å². The minimum Gasteiger partial charge on any atom is -0.458 e. The van der Waals surface area contributed by atoms with E-state index in [0.717, 1.165) is 49.7 Å². The zero-order chi connectivity index (χ0) is 23.4. The van der Waals surface area contributed by atoms with Gasteiger partial charge in [0, 0.05) is 7.11 Å². The Morgan fingerprint density at radius 1 is 0.788 bits per heavy atom. The first-order valence-electron chi connectivity index (χ1n) is 11.4. The van der Waals surface area contributed by atoms with Gasteiger partial charge >= 0.3 is 0 Å². The summed E-state index contributed by atoms with van der Waals surface area (Å²) in [6, 6.07) is 13.2. The fourth-order valence-electron chi connectivity index (χ4n) is 4.16. The molecule has 6 atom stereocenters. The van der Waals surface area contributed by atoms with Crippen LogP contribution < -0.4 is 9.47 Å². The van der Waals surface area contributed by atoms with Crippen molar-refractivity contribution < 1.29 is 39.4 Å². The zero-order valence-corrected chi connectivity index (χ0v) is 18.7. The molecule has 3 heterocycles. The zero-order valence-electron chi connectivity index (χ0n) is 18.7. The van der Waals surface area contributed by atoms with Gasteiger partial charge in [0.25, 0.3) is 0 Å². The second kappa shape index (κ2) is 10.8. The second-order valence-corrected chi connectivity index (χ2v) is 8.66. The van der Waals surface area contributed by atoms with Crippen LogP contribution in [0.5, 0.6) is 17.2 Å². The lowest BCUT2D eigenvalue weighted by Gasteiger charge is -2.39. The molecule has 1 saturated heterocycles. The van der Waals surface area contributed by atoms with Crippen molar-refractivity contribution in [2.75, 3.05) is 7.11 Å². The highest BCUT2D eigenvalue weighted by atomic mass is 16.8. The second-order valence-electron chi connectivity index (χ2n) is 8.66. The van der Waals surface area contributed by atoms with E-state index >= 15 is 0 Å². The molecule has 2 aromatic carbocycles. The normalized spacial score (nSPS) is 30.7. The quantitative estimate of drug-likeness (QED) is 0.551. The van der Waals surface area contributed by atoms with E-state index < -0.39 is 30.9 Å².